The Balaban J connectivity index is 1.62. The molecule has 1 aromatic heterocycles. The topological polar surface area (TPSA) is 40.5 Å². The number of aryl methyl sites for hydroxylation is 1. The second-order valence-electron chi connectivity index (χ2n) is 5.61. The molecule has 92 valence electrons. The number of rotatable bonds is 2. The van der Waals surface area contributed by atoms with Crippen LogP contribution in [0.3, 0.4) is 0 Å². The summed E-state index contributed by atoms with van der Waals surface area (Å²) in [5.74, 6) is 0.839. The molecule has 2 heterocycles. The normalized spacial score (nSPS) is 29.9. The van der Waals surface area contributed by atoms with Crippen molar-refractivity contribution in [1.29, 1.82) is 0 Å². The fraction of sp³-hybridized carbons (Fsp3) is 0.615. The number of carbonyl (C=O) groups excluding carboxylic acids is 1. The average molecular weight is 251 g/mol. The van der Waals surface area contributed by atoms with E-state index in [0.29, 0.717) is 19.0 Å². The van der Waals surface area contributed by atoms with E-state index >= 15 is 0 Å². The Kier molecular flexibility index (Phi) is 2.35. The van der Waals surface area contributed by atoms with Crippen molar-refractivity contribution in [2.24, 2.45) is 5.92 Å². The number of hydrogen-bond donors (Lipinski definition) is 1. The molecule has 1 aliphatic carbocycles. The molecular weight excluding hydrogens is 234 g/mol. The lowest BCUT2D eigenvalue weighted by Gasteiger charge is -2.44. The van der Waals surface area contributed by atoms with E-state index in [4.69, 9.17) is 0 Å². The molecule has 1 saturated heterocycles. The van der Waals surface area contributed by atoms with Gasteiger partial charge in [-0.05, 0) is 37.3 Å². The van der Waals surface area contributed by atoms with Gasteiger partial charge in [0.1, 0.15) is 0 Å². The van der Waals surface area contributed by atoms with Crippen molar-refractivity contribution in [2.75, 3.05) is 13.1 Å². The summed E-state index contributed by atoms with van der Waals surface area (Å²) in [7, 11) is 0. The Morgan fingerprint density at radius 1 is 1.59 bits per heavy atom. The lowest BCUT2D eigenvalue weighted by molar-refractivity contribution is -0.153. The van der Waals surface area contributed by atoms with Crippen LogP contribution in [-0.2, 0) is 4.79 Å². The first kappa shape index (κ1) is 11.2. The van der Waals surface area contributed by atoms with E-state index in [1.165, 1.54) is 10.4 Å². The summed E-state index contributed by atoms with van der Waals surface area (Å²) in [6.45, 7) is 4.89. The number of amides is 1. The molecule has 0 spiro atoms. The standard InChI is InChI=1S/C13H17NO2S/c1-8-3-4-17-11(8)9-5-10(9)12(15)14-6-13(2,16)7-14/h3-4,9-10,16H,5-7H2,1-2H3/t9-,10-/m0/s1. The molecule has 2 aliphatic rings. The van der Waals surface area contributed by atoms with Crippen molar-refractivity contribution in [3.05, 3.63) is 21.9 Å². The van der Waals surface area contributed by atoms with Gasteiger partial charge in [-0.3, -0.25) is 4.79 Å². The molecule has 2 atom stereocenters. The summed E-state index contributed by atoms with van der Waals surface area (Å²) in [5.41, 5.74) is 0.657. The average Bonchev–Trinajstić information content (AvgIpc) is 2.90. The lowest BCUT2D eigenvalue weighted by atomic mass is 9.96. The third-order valence-corrected chi connectivity index (χ3v) is 4.87. The number of carbonyl (C=O) groups is 1. The van der Waals surface area contributed by atoms with E-state index in [0.717, 1.165) is 6.42 Å². The molecule has 17 heavy (non-hydrogen) atoms. The van der Waals surface area contributed by atoms with Crippen LogP contribution in [0.4, 0.5) is 0 Å². The van der Waals surface area contributed by atoms with Gasteiger partial charge in [-0.25, -0.2) is 0 Å². The first-order valence-electron chi connectivity index (χ1n) is 6.03. The zero-order valence-corrected chi connectivity index (χ0v) is 11.0. The van der Waals surface area contributed by atoms with Crippen molar-refractivity contribution < 1.29 is 9.90 Å². The van der Waals surface area contributed by atoms with Gasteiger partial charge in [-0.1, -0.05) is 0 Å². The first-order chi connectivity index (χ1) is 7.98. The minimum absolute atomic E-state index is 0.170. The van der Waals surface area contributed by atoms with Gasteiger partial charge >= 0.3 is 0 Å². The quantitative estimate of drug-likeness (QED) is 0.870. The smallest absolute Gasteiger partial charge is 0.226 e. The zero-order chi connectivity index (χ0) is 12.2. The van der Waals surface area contributed by atoms with E-state index < -0.39 is 5.60 Å². The summed E-state index contributed by atoms with van der Waals surface area (Å²) in [6.07, 6.45) is 0.985. The fourth-order valence-corrected chi connectivity index (χ4v) is 3.80. The Labute approximate surface area is 105 Å². The number of thiophene rings is 1. The van der Waals surface area contributed by atoms with Crippen LogP contribution in [0.25, 0.3) is 0 Å². The van der Waals surface area contributed by atoms with Gasteiger partial charge in [0.25, 0.3) is 0 Å². The third-order valence-electron chi connectivity index (χ3n) is 3.72. The van der Waals surface area contributed by atoms with E-state index in [9.17, 15) is 9.90 Å². The molecule has 3 rings (SSSR count). The van der Waals surface area contributed by atoms with Crippen LogP contribution in [0.5, 0.6) is 0 Å². The minimum Gasteiger partial charge on any atom is -0.386 e. The van der Waals surface area contributed by atoms with Gasteiger partial charge in [-0.15, -0.1) is 11.3 Å². The van der Waals surface area contributed by atoms with E-state index in [1.54, 1.807) is 23.2 Å². The van der Waals surface area contributed by atoms with E-state index in [2.05, 4.69) is 18.4 Å². The molecule has 1 aromatic rings. The van der Waals surface area contributed by atoms with Crippen molar-refractivity contribution >= 4 is 17.2 Å². The van der Waals surface area contributed by atoms with Crippen LogP contribution in [0.15, 0.2) is 11.4 Å². The predicted molar refractivity (Wildman–Crippen MR) is 67.1 cm³/mol. The predicted octanol–water partition coefficient (Wildman–Crippen LogP) is 1.75. The van der Waals surface area contributed by atoms with Crippen molar-refractivity contribution in [2.45, 2.75) is 31.8 Å². The van der Waals surface area contributed by atoms with Gasteiger partial charge in [0, 0.05) is 16.7 Å². The SMILES string of the molecule is Cc1ccsc1[C@H]1C[C@@H]1C(=O)N1CC(C)(O)C1. The number of aliphatic hydroxyl groups is 1. The number of β-amino-alcohol motifs (C(OH)–C–C–N with tert-alkyl or cyclic N) is 1. The largest absolute Gasteiger partial charge is 0.386 e. The Bertz CT molecular complexity index is 458. The van der Waals surface area contributed by atoms with Crippen molar-refractivity contribution in [3.8, 4) is 0 Å². The second-order valence-corrected chi connectivity index (χ2v) is 6.56. The summed E-state index contributed by atoms with van der Waals surface area (Å²) in [4.78, 5) is 15.3. The summed E-state index contributed by atoms with van der Waals surface area (Å²) >= 11 is 1.76. The van der Waals surface area contributed by atoms with Crippen LogP contribution >= 0.6 is 11.3 Å². The highest BCUT2D eigenvalue weighted by Crippen LogP contribution is 2.51. The maximum absolute atomic E-state index is 12.1. The van der Waals surface area contributed by atoms with Gasteiger partial charge in [-0.2, -0.15) is 0 Å². The minimum atomic E-state index is -0.654. The highest BCUT2D eigenvalue weighted by atomic mass is 32.1. The molecule has 1 aliphatic heterocycles. The van der Waals surface area contributed by atoms with Crippen LogP contribution in [-0.4, -0.2) is 34.6 Å². The molecule has 1 saturated carbocycles. The van der Waals surface area contributed by atoms with Gasteiger partial charge in [0.2, 0.25) is 5.91 Å². The summed E-state index contributed by atoms with van der Waals surface area (Å²) in [5, 5.41) is 11.7. The van der Waals surface area contributed by atoms with Crippen molar-refractivity contribution in [3.63, 3.8) is 0 Å². The lowest BCUT2D eigenvalue weighted by Crippen LogP contribution is -2.62. The summed E-state index contributed by atoms with van der Waals surface area (Å²) in [6, 6.07) is 2.12. The maximum Gasteiger partial charge on any atom is 0.226 e. The molecule has 0 unspecified atom stereocenters. The van der Waals surface area contributed by atoms with E-state index in [-0.39, 0.29) is 11.8 Å². The Morgan fingerprint density at radius 3 is 2.82 bits per heavy atom. The Hall–Kier alpha value is -0.870. The van der Waals surface area contributed by atoms with E-state index in [1.807, 2.05) is 0 Å². The van der Waals surface area contributed by atoms with Crippen LogP contribution in [0, 0.1) is 12.8 Å². The number of likely N-dealkylation sites (tertiary alicyclic amines) is 1. The number of nitrogens with zero attached hydrogens (tertiary/aromatic N) is 1. The highest BCUT2D eigenvalue weighted by molar-refractivity contribution is 7.10. The number of hydrogen-bond acceptors (Lipinski definition) is 3. The summed E-state index contributed by atoms with van der Waals surface area (Å²) < 4.78 is 0. The fourth-order valence-electron chi connectivity index (χ4n) is 2.69. The third kappa shape index (κ3) is 1.89. The van der Waals surface area contributed by atoms with Gasteiger partial charge in [0.15, 0.2) is 0 Å². The molecule has 0 aromatic carbocycles. The van der Waals surface area contributed by atoms with Crippen LogP contribution in [0.2, 0.25) is 0 Å². The Morgan fingerprint density at radius 2 is 2.29 bits per heavy atom. The monoisotopic (exact) mass is 251 g/mol. The molecule has 4 heteroatoms. The van der Waals surface area contributed by atoms with Crippen LogP contribution < -0.4 is 0 Å². The van der Waals surface area contributed by atoms with Gasteiger partial charge < -0.3 is 10.0 Å². The maximum atomic E-state index is 12.1. The molecule has 1 N–H and O–H groups in total. The zero-order valence-electron chi connectivity index (χ0n) is 10.1. The molecule has 3 nitrogen and oxygen atoms in total. The van der Waals surface area contributed by atoms with Gasteiger partial charge in [0.05, 0.1) is 18.7 Å². The van der Waals surface area contributed by atoms with Crippen LogP contribution in [0.1, 0.15) is 29.7 Å². The molecule has 1 amide bonds. The molecule has 2 fully saturated rings. The molecular formula is C13H17NO2S. The highest BCUT2D eigenvalue weighted by Gasteiger charge is 2.50. The molecule has 0 bridgehead atoms. The molecule has 0 radical (unpaired) electrons. The van der Waals surface area contributed by atoms with Crippen molar-refractivity contribution in [1.82, 2.24) is 4.90 Å². The first-order valence-corrected chi connectivity index (χ1v) is 6.91. The second kappa shape index (κ2) is 3.56.